The van der Waals surface area contributed by atoms with Gasteiger partial charge < -0.3 is 10.1 Å². The summed E-state index contributed by atoms with van der Waals surface area (Å²) in [6.07, 6.45) is 0.673. The first-order valence-electron chi connectivity index (χ1n) is 5.22. The third-order valence-electron chi connectivity index (χ3n) is 2.23. The SMILES string of the molecule is CCC(Br)C(=O)Nc1ccccc1C(=O)OC. The van der Waals surface area contributed by atoms with Crippen LogP contribution in [0.1, 0.15) is 23.7 Å². The summed E-state index contributed by atoms with van der Waals surface area (Å²) in [4.78, 5) is 22.9. The first kappa shape index (κ1) is 13.7. The molecule has 1 amide bonds. The molecule has 0 fully saturated rings. The molecule has 1 aromatic carbocycles. The van der Waals surface area contributed by atoms with Crippen LogP contribution in [0, 0.1) is 0 Å². The number of carbonyl (C=O) groups excluding carboxylic acids is 2. The smallest absolute Gasteiger partial charge is 0.339 e. The number of halogens is 1. The summed E-state index contributed by atoms with van der Waals surface area (Å²) in [6.45, 7) is 1.89. The molecule has 0 saturated carbocycles. The zero-order valence-corrected chi connectivity index (χ0v) is 11.3. The van der Waals surface area contributed by atoms with Crippen molar-refractivity contribution in [1.82, 2.24) is 0 Å². The van der Waals surface area contributed by atoms with Gasteiger partial charge in [-0.1, -0.05) is 35.0 Å². The van der Waals surface area contributed by atoms with Crippen LogP contribution in [-0.4, -0.2) is 23.8 Å². The van der Waals surface area contributed by atoms with Crippen molar-refractivity contribution in [3.8, 4) is 0 Å². The van der Waals surface area contributed by atoms with E-state index >= 15 is 0 Å². The summed E-state index contributed by atoms with van der Waals surface area (Å²) >= 11 is 3.25. The predicted octanol–water partition coefficient (Wildman–Crippen LogP) is 2.59. The lowest BCUT2D eigenvalue weighted by atomic mass is 10.1. The molecule has 1 aromatic rings. The molecule has 0 aliphatic rings. The number of benzene rings is 1. The minimum atomic E-state index is -0.469. The summed E-state index contributed by atoms with van der Waals surface area (Å²) in [6, 6.07) is 6.74. The lowest BCUT2D eigenvalue weighted by Crippen LogP contribution is -2.23. The van der Waals surface area contributed by atoms with E-state index in [1.807, 2.05) is 6.92 Å². The quantitative estimate of drug-likeness (QED) is 0.687. The Morgan fingerprint density at radius 2 is 2.06 bits per heavy atom. The molecule has 1 unspecified atom stereocenters. The van der Waals surface area contributed by atoms with Gasteiger partial charge in [-0.3, -0.25) is 4.79 Å². The van der Waals surface area contributed by atoms with E-state index in [-0.39, 0.29) is 10.7 Å². The maximum absolute atomic E-state index is 11.7. The van der Waals surface area contributed by atoms with Crippen LogP contribution in [0.25, 0.3) is 0 Å². The molecule has 5 heteroatoms. The zero-order chi connectivity index (χ0) is 12.8. The number of anilines is 1. The Labute approximate surface area is 108 Å². The number of rotatable bonds is 4. The number of esters is 1. The minimum Gasteiger partial charge on any atom is -0.465 e. The second-order valence-electron chi connectivity index (χ2n) is 3.40. The van der Waals surface area contributed by atoms with Crippen LogP contribution in [-0.2, 0) is 9.53 Å². The Morgan fingerprint density at radius 1 is 1.41 bits per heavy atom. The van der Waals surface area contributed by atoms with Gasteiger partial charge in [0, 0.05) is 0 Å². The van der Waals surface area contributed by atoms with Crippen molar-refractivity contribution >= 4 is 33.5 Å². The van der Waals surface area contributed by atoms with E-state index < -0.39 is 5.97 Å². The Kier molecular flexibility index (Phi) is 5.15. The van der Waals surface area contributed by atoms with Gasteiger partial charge in [0.05, 0.1) is 23.2 Å². The number of ether oxygens (including phenoxy) is 1. The largest absolute Gasteiger partial charge is 0.465 e. The van der Waals surface area contributed by atoms with Crippen molar-refractivity contribution in [2.75, 3.05) is 12.4 Å². The lowest BCUT2D eigenvalue weighted by molar-refractivity contribution is -0.115. The normalized spacial score (nSPS) is 11.7. The molecule has 0 saturated heterocycles. The third-order valence-corrected chi connectivity index (χ3v) is 3.30. The topological polar surface area (TPSA) is 55.4 Å². The fourth-order valence-electron chi connectivity index (χ4n) is 1.28. The Hall–Kier alpha value is -1.36. The van der Waals surface area contributed by atoms with E-state index in [2.05, 4.69) is 26.0 Å². The lowest BCUT2D eigenvalue weighted by Gasteiger charge is -2.11. The molecule has 92 valence electrons. The van der Waals surface area contributed by atoms with Crippen LogP contribution in [0.3, 0.4) is 0 Å². The summed E-state index contributed by atoms with van der Waals surface area (Å²) < 4.78 is 4.64. The van der Waals surface area contributed by atoms with Gasteiger partial charge in [-0.15, -0.1) is 0 Å². The highest BCUT2D eigenvalue weighted by molar-refractivity contribution is 9.10. The molecule has 1 rings (SSSR count). The molecule has 17 heavy (non-hydrogen) atoms. The maximum Gasteiger partial charge on any atom is 0.339 e. The Morgan fingerprint density at radius 3 is 2.65 bits per heavy atom. The molecule has 1 atom stereocenters. The van der Waals surface area contributed by atoms with E-state index in [1.54, 1.807) is 24.3 Å². The van der Waals surface area contributed by atoms with Gasteiger partial charge in [0.25, 0.3) is 0 Å². The molecular formula is C12H14BrNO3. The molecule has 0 bridgehead atoms. The van der Waals surface area contributed by atoms with E-state index in [4.69, 9.17) is 0 Å². The monoisotopic (exact) mass is 299 g/mol. The zero-order valence-electron chi connectivity index (χ0n) is 9.70. The number of methoxy groups -OCH3 is 1. The second kappa shape index (κ2) is 6.39. The van der Waals surface area contributed by atoms with E-state index in [0.29, 0.717) is 17.7 Å². The summed E-state index contributed by atoms with van der Waals surface area (Å²) in [5.41, 5.74) is 0.807. The van der Waals surface area contributed by atoms with Crippen molar-refractivity contribution in [3.63, 3.8) is 0 Å². The van der Waals surface area contributed by atoms with Crippen LogP contribution in [0.5, 0.6) is 0 Å². The van der Waals surface area contributed by atoms with Crippen LogP contribution >= 0.6 is 15.9 Å². The first-order valence-corrected chi connectivity index (χ1v) is 6.14. The maximum atomic E-state index is 11.7. The summed E-state index contributed by atoms with van der Waals surface area (Å²) in [7, 11) is 1.31. The number of para-hydroxylation sites is 1. The van der Waals surface area contributed by atoms with Crippen LogP contribution in [0.15, 0.2) is 24.3 Å². The van der Waals surface area contributed by atoms with Crippen LogP contribution in [0.4, 0.5) is 5.69 Å². The molecule has 0 heterocycles. The standard InChI is InChI=1S/C12H14BrNO3/c1-3-9(13)11(15)14-10-7-5-4-6-8(10)12(16)17-2/h4-7,9H,3H2,1-2H3,(H,14,15). The molecule has 0 aromatic heterocycles. The number of amides is 1. The first-order chi connectivity index (χ1) is 8.10. The van der Waals surface area contributed by atoms with E-state index in [0.717, 1.165) is 0 Å². The predicted molar refractivity (Wildman–Crippen MR) is 69.4 cm³/mol. The molecule has 0 radical (unpaired) electrons. The number of carbonyl (C=O) groups is 2. The number of hydrogen-bond donors (Lipinski definition) is 1. The molecule has 4 nitrogen and oxygen atoms in total. The van der Waals surface area contributed by atoms with Crippen molar-refractivity contribution in [2.45, 2.75) is 18.2 Å². The molecule has 0 spiro atoms. The molecule has 0 aliphatic carbocycles. The summed E-state index contributed by atoms with van der Waals surface area (Å²) in [5, 5.41) is 2.69. The molecular weight excluding hydrogens is 286 g/mol. The Bertz CT molecular complexity index is 420. The highest BCUT2D eigenvalue weighted by Crippen LogP contribution is 2.17. The van der Waals surface area contributed by atoms with Crippen molar-refractivity contribution in [1.29, 1.82) is 0 Å². The van der Waals surface area contributed by atoms with Gasteiger partial charge in [-0.25, -0.2) is 4.79 Å². The fourth-order valence-corrected chi connectivity index (χ4v) is 1.39. The van der Waals surface area contributed by atoms with Crippen molar-refractivity contribution < 1.29 is 14.3 Å². The van der Waals surface area contributed by atoms with Crippen LogP contribution < -0.4 is 5.32 Å². The van der Waals surface area contributed by atoms with Crippen LogP contribution in [0.2, 0.25) is 0 Å². The van der Waals surface area contributed by atoms with Gasteiger partial charge >= 0.3 is 5.97 Å². The van der Waals surface area contributed by atoms with Gasteiger partial charge in [0.1, 0.15) is 0 Å². The third kappa shape index (κ3) is 3.56. The second-order valence-corrected chi connectivity index (χ2v) is 4.51. The summed E-state index contributed by atoms with van der Waals surface area (Å²) in [5.74, 6) is -0.646. The van der Waals surface area contributed by atoms with Gasteiger partial charge in [0.2, 0.25) is 5.91 Å². The fraction of sp³-hybridized carbons (Fsp3) is 0.333. The van der Waals surface area contributed by atoms with E-state index in [9.17, 15) is 9.59 Å². The van der Waals surface area contributed by atoms with Gasteiger partial charge in [0.15, 0.2) is 0 Å². The van der Waals surface area contributed by atoms with Crippen molar-refractivity contribution in [3.05, 3.63) is 29.8 Å². The number of alkyl halides is 1. The molecule has 0 aliphatic heterocycles. The highest BCUT2D eigenvalue weighted by atomic mass is 79.9. The van der Waals surface area contributed by atoms with E-state index in [1.165, 1.54) is 7.11 Å². The van der Waals surface area contributed by atoms with Gasteiger partial charge in [-0.05, 0) is 18.6 Å². The molecule has 1 N–H and O–H groups in total. The number of nitrogens with one attached hydrogen (secondary N) is 1. The number of hydrogen-bond acceptors (Lipinski definition) is 3. The minimum absolute atomic E-state index is 0.177. The average molecular weight is 300 g/mol. The van der Waals surface area contributed by atoms with Gasteiger partial charge in [-0.2, -0.15) is 0 Å². The Balaban J connectivity index is 2.91. The van der Waals surface area contributed by atoms with Crippen molar-refractivity contribution in [2.24, 2.45) is 0 Å². The highest BCUT2D eigenvalue weighted by Gasteiger charge is 2.16. The average Bonchev–Trinajstić information content (AvgIpc) is 2.37.